The summed E-state index contributed by atoms with van der Waals surface area (Å²) in [5, 5.41) is 7.38. The molecule has 0 bridgehead atoms. The summed E-state index contributed by atoms with van der Waals surface area (Å²) in [7, 11) is 0. The highest BCUT2D eigenvalue weighted by molar-refractivity contribution is 7.07. The number of carbonyl (C=O) groups is 1. The molecule has 5 heteroatoms. The first-order valence-electron chi connectivity index (χ1n) is 7.58. The van der Waals surface area contributed by atoms with E-state index < -0.39 is 5.72 Å². The molecule has 3 heterocycles. The molecule has 2 aliphatic heterocycles. The minimum Gasteiger partial charge on any atom is -0.466 e. The Balaban J connectivity index is 1.55. The predicted octanol–water partition coefficient (Wildman–Crippen LogP) is 2.86. The number of hydrogen-bond donors (Lipinski definition) is 1. The van der Waals surface area contributed by atoms with Crippen molar-refractivity contribution in [2.75, 3.05) is 13.1 Å². The SMILES string of the molecule is O=C1NC2(CCCN(Cc3ccsc3)C2)Oc2ccccc21. The quantitative estimate of drug-likeness (QED) is 0.927. The standard InChI is InChI=1S/C17H18N2O2S/c20-16-14-4-1-2-5-15(14)21-17(18-16)7-3-8-19(12-17)10-13-6-9-22-11-13/h1-2,4-6,9,11H,3,7-8,10,12H2,(H,18,20). The van der Waals surface area contributed by atoms with Gasteiger partial charge in [-0.2, -0.15) is 11.3 Å². The minimum absolute atomic E-state index is 0.0285. The molecular formula is C17H18N2O2S. The number of nitrogens with zero attached hydrogens (tertiary/aromatic N) is 1. The van der Waals surface area contributed by atoms with Gasteiger partial charge in [0.05, 0.1) is 12.1 Å². The molecule has 0 saturated carbocycles. The largest absolute Gasteiger partial charge is 0.466 e. The predicted molar refractivity (Wildman–Crippen MR) is 86.1 cm³/mol. The van der Waals surface area contributed by atoms with Crippen LogP contribution in [0.4, 0.5) is 0 Å². The second kappa shape index (κ2) is 5.41. The van der Waals surface area contributed by atoms with E-state index in [0.29, 0.717) is 11.3 Å². The van der Waals surface area contributed by atoms with Crippen LogP contribution >= 0.6 is 11.3 Å². The van der Waals surface area contributed by atoms with Crippen molar-refractivity contribution in [2.24, 2.45) is 0 Å². The summed E-state index contributed by atoms with van der Waals surface area (Å²) in [5.41, 5.74) is 1.37. The number of rotatable bonds is 2. The number of thiophene rings is 1. The van der Waals surface area contributed by atoms with Gasteiger partial charge in [-0.1, -0.05) is 12.1 Å². The van der Waals surface area contributed by atoms with Crippen LogP contribution in [0.3, 0.4) is 0 Å². The first-order chi connectivity index (χ1) is 10.7. The minimum atomic E-state index is -0.584. The molecule has 1 atom stereocenters. The molecule has 114 valence electrons. The lowest BCUT2D eigenvalue weighted by atomic mass is 9.97. The average Bonchev–Trinajstić information content (AvgIpc) is 3.00. The van der Waals surface area contributed by atoms with Gasteiger partial charge in [0.2, 0.25) is 0 Å². The van der Waals surface area contributed by atoms with Gasteiger partial charge in [-0.3, -0.25) is 9.69 Å². The fourth-order valence-corrected chi connectivity index (χ4v) is 3.98. The van der Waals surface area contributed by atoms with E-state index in [0.717, 1.165) is 32.5 Å². The van der Waals surface area contributed by atoms with Crippen LogP contribution in [0.5, 0.6) is 5.75 Å². The van der Waals surface area contributed by atoms with Gasteiger partial charge in [0.25, 0.3) is 5.91 Å². The van der Waals surface area contributed by atoms with E-state index >= 15 is 0 Å². The molecule has 1 unspecified atom stereocenters. The van der Waals surface area contributed by atoms with Crippen LogP contribution < -0.4 is 10.1 Å². The van der Waals surface area contributed by atoms with E-state index in [1.165, 1.54) is 5.56 Å². The molecular weight excluding hydrogens is 296 g/mol. The molecule has 1 aromatic carbocycles. The highest BCUT2D eigenvalue weighted by Gasteiger charge is 2.43. The number of nitrogens with one attached hydrogen (secondary N) is 1. The summed E-state index contributed by atoms with van der Waals surface area (Å²) in [6.07, 6.45) is 1.87. The molecule has 1 N–H and O–H groups in total. The number of amides is 1. The van der Waals surface area contributed by atoms with E-state index in [1.54, 1.807) is 11.3 Å². The summed E-state index contributed by atoms with van der Waals surface area (Å²) in [6, 6.07) is 9.62. The van der Waals surface area contributed by atoms with Crippen molar-refractivity contribution in [3.8, 4) is 5.75 Å². The lowest BCUT2D eigenvalue weighted by molar-refractivity contribution is -0.0393. The van der Waals surface area contributed by atoms with E-state index in [-0.39, 0.29) is 5.91 Å². The van der Waals surface area contributed by atoms with E-state index in [2.05, 4.69) is 27.0 Å². The summed E-state index contributed by atoms with van der Waals surface area (Å²) in [6.45, 7) is 2.67. The van der Waals surface area contributed by atoms with Gasteiger partial charge in [0.1, 0.15) is 5.75 Å². The van der Waals surface area contributed by atoms with Gasteiger partial charge in [0, 0.05) is 13.0 Å². The molecule has 2 aliphatic rings. The van der Waals surface area contributed by atoms with Gasteiger partial charge in [-0.15, -0.1) is 0 Å². The molecule has 4 nitrogen and oxygen atoms in total. The number of hydrogen-bond acceptors (Lipinski definition) is 4. The number of ether oxygens (including phenoxy) is 1. The Labute approximate surface area is 133 Å². The maximum absolute atomic E-state index is 12.4. The highest BCUT2D eigenvalue weighted by Crippen LogP contribution is 2.33. The van der Waals surface area contributed by atoms with Crippen molar-refractivity contribution in [2.45, 2.75) is 25.1 Å². The summed E-state index contributed by atoms with van der Waals surface area (Å²) in [5.74, 6) is 0.669. The zero-order chi connectivity index (χ0) is 15.0. The molecule has 22 heavy (non-hydrogen) atoms. The normalized spacial score (nSPS) is 24.6. The molecule has 4 rings (SSSR count). The third-order valence-electron chi connectivity index (χ3n) is 4.30. The number of benzene rings is 1. The van der Waals surface area contributed by atoms with Crippen molar-refractivity contribution in [3.63, 3.8) is 0 Å². The Morgan fingerprint density at radius 2 is 2.23 bits per heavy atom. The Morgan fingerprint density at radius 1 is 1.32 bits per heavy atom. The molecule has 0 aliphatic carbocycles. The number of carbonyl (C=O) groups excluding carboxylic acids is 1. The second-order valence-electron chi connectivity index (χ2n) is 5.99. The van der Waals surface area contributed by atoms with Gasteiger partial charge in [0.15, 0.2) is 5.72 Å². The van der Waals surface area contributed by atoms with Gasteiger partial charge < -0.3 is 10.1 Å². The third-order valence-corrected chi connectivity index (χ3v) is 5.03. The average molecular weight is 314 g/mol. The highest BCUT2D eigenvalue weighted by atomic mass is 32.1. The monoisotopic (exact) mass is 314 g/mol. The lowest BCUT2D eigenvalue weighted by Gasteiger charge is -2.45. The summed E-state index contributed by atoms with van der Waals surface area (Å²) in [4.78, 5) is 14.7. The smallest absolute Gasteiger partial charge is 0.258 e. The molecule has 1 aromatic heterocycles. The number of likely N-dealkylation sites (tertiary alicyclic amines) is 1. The van der Waals surface area contributed by atoms with Crippen LogP contribution in [0, 0.1) is 0 Å². The van der Waals surface area contributed by atoms with Gasteiger partial charge in [-0.05, 0) is 47.5 Å². The van der Waals surface area contributed by atoms with Crippen molar-refractivity contribution in [1.82, 2.24) is 10.2 Å². The van der Waals surface area contributed by atoms with Gasteiger partial charge in [-0.25, -0.2) is 0 Å². The lowest BCUT2D eigenvalue weighted by Crippen LogP contribution is -2.63. The van der Waals surface area contributed by atoms with Gasteiger partial charge >= 0.3 is 0 Å². The van der Waals surface area contributed by atoms with Crippen molar-refractivity contribution >= 4 is 17.2 Å². The maximum Gasteiger partial charge on any atom is 0.258 e. The van der Waals surface area contributed by atoms with Crippen molar-refractivity contribution in [3.05, 3.63) is 52.2 Å². The topological polar surface area (TPSA) is 41.6 Å². The van der Waals surface area contributed by atoms with Crippen LogP contribution in [0.25, 0.3) is 0 Å². The van der Waals surface area contributed by atoms with Crippen LogP contribution in [0.15, 0.2) is 41.1 Å². The van der Waals surface area contributed by atoms with E-state index in [9.17, 15) is 4.79 Å². The van der Waals surface area contributed by atoms with E-state index in [4.69, 9.17) is 4.74 Å². The molecule has 2 aromatic rings. The fraction of sp³-hybridized carbons (Fsp3) is 0.353. The molecule has 1 saturated heterocycles. The molecule has 0 radical (unpaired) electrons. The number of fused-ring (bicyclic) bond motifs is 1. The Kier molecular flexibility index (Phi) is 3.39. The van der Waals surface area contributed by atoms with Crippen LogP contribution in [-0.2, 0) is 6.54 Å². The molecule has 1 fully saturated rings. The third kappa shape index (κ3) is 2.51. The van der Waals surface area contributed by atoms with Crippen LogP contribution in [-0.4, -0.2) is 29.6 Å². The second-order valence-corrected chi connectivity index (χ2v) is 6.77. The Bertz CT molecular complexity index is 686. The number of piperidine rings is 1. The van der Waals surface area contributed by atoms with Crippen molar-refractivity contribution < 1.29 is 9.53 Å². The number of para-hydroxylation sites is 1. The Morgan fingerprint density at radius 3 is 3.09 bits per heavy atom. The van der Waals surface area contributed by atoms with Crippen LogP contribution in [0.1, 0.15) is 28.8 Å². The van der Waals surface area contributed by atoms with E-state index in [1.807, 2.05) is 24.3 Å². The zero-order valence-corrected chi connectivity index (χ0v) is 13.1. The first-order valence-corrected chi connectivity index (χ1v) is 8.52. The van der Waals surface area contributed by atoms with Crippen molar-refractivity contribution in [1.29, 1.82) is 0 Å². The molecule has 1 spiro atoms. The zero-order valence-electron chi connectivity index (χ0n) is 12.2. The maximum atomic E-state index is 12.4. The summed E-state index contributed by atoms with van der Waals surface area (Å²) >= 11 is 1.72. The summed E-state index contributed by atoms with van der Waals surface area (Å²) < 4.78 is 6.21. The van der Waals surface area contributed by atoms with Crippen LogP contribution in [0.2, 0.25) is 0 Å². The molecule has 1 amide bonds. The first kappa shape index (κ1) is 13.8. The fourth-order valence-electron chi connectivity index (χ4n) is 3.32. The Hall–Kier alpha value is -1.85.